The van der Waals surface area contributed by atoms with Gasteiger partial charge in [-0.25, -0.2) is 15.0 Å². The fourth-order valence-corrected chi connectivity index (χ4v) is 3.60. The van der Waals surface area contributed by atoms with Crippen LogP contribution in [-0.2, 0) is 0 Å². The lowest BCUT2D eigenvalue weighted by molar-refractivity contribution is 1.01. The minimum Gasteiger partial charge on any atom is -0.354 e. The molecule has 0 aliphatic carbocycles. The maximum atomic E-state index is 4.58. The highest BCUT2D eigenvalue weighted by Crippen LogP contribution is 2.33. The predicted octanol–water partition coefficient (Wildman–Crippen LogP) is 3.67. The molecule has 0 bridgehead atoms. The first-order chi connectivity index (χ1) is 9.35. The normalized spacial score (nSPS) is 10.8. The molecule has 19 heavy (non-hydrogen) atoms. The molecule has 4 nitrogen and oxygen atoms in total. The summed E-state index contributed by atoms with van der Waals surface area (Å²) in [5.41, 5.74) is 1.04. The van der Waals surface area contributed by atoms with Crippen molar-refractivity contribution in [1.29, 1.82) is 0 Å². The summed E-state index contributed by atoms with van der Waals surface area (Å²) in [7, 11) is 0. The van der Waals surface area contributed by atoms with E-state index >= 15 is 0 Å². The summed E-state index contributed by atoms with van der Waals surface area (Å²) >= 11 is 3.25. The van der Waals surface area contributed by atoms with Gasteiger partial charge in [-0.1, -0.05) is 12.1 Å². The van der Waals surface area contributed by atoms with Crippen molar-refractivity contribution in [3.63, 3.8) is 0 Å². The van der Waals surface area contributed by atoms with Gasteiger partial charge in [0.25, 0.3) is 0 Å². The Kier molecular flexibility index (Phi) is 3.61. The van der Waals surface area contributed by atoms with Crippen LogP contribution in [0.5, 0.6) is 0 Å². The average Bonchev–Trinajstić information content (AvgIpc) is 2.81. The van der Waals surface area contributed by atoms with Crippen molar-refractivity contribution in [3.05, 3.63) is 36.5 Å². The molecule has 0 unspecified atom stereocenters. The quantitative estimate of drug-likeness (QED) is 0.742. The Morgan fingerprint density at radius 2 is 2.11 bits per heavy atom. The van der Waals surface area contributed by atoms with Crippen molar-refractivity contribution in [2.75, 3.05) is 11.9 Å². The number of fused-ring (bicyclic) bond motifs is 1. The molecule has 0 radical (unpaired) electrons. The van der Waals surface area contributed by atoms with Crippen molar-refractivity contribution in [2.45, 2.75) is 16.3 Å². The Labute approximate surface area is 119 Å². The highest BCUT2D eigenvalue weighted by Gasteiger charge is 2.06. The molecule has 6 heteroatoms. The lowest BCUT2D eigenvalue weighted by atomic mass is 10.3. The Balaban J connectivity index is 1.85. The topological polar surface area (TPSA) is 50.7 Å². The van der Waals surface area contributed by atoms with Gasteiger partial charge >= 0.3 is 0 Å². The summed E-state index contributed by atoms with van der Waals surface area (Å²) < 4.78 is 2.20. The molecule has 0 aliphatic heterocycles. The van der Waals surface area contributed by atoms with Gasteiger partial charge in [0.15, 0.2) is 4.34 Å². The van der Waals surface area contributed by atoms with Crippen LogP contribution in [-0.4, -0.2) is 21.5 Å². The Morgan fingerprint density at radius 3 is 2.95 bits per heavy atom. The minimum absolute atomic E-state index is 0.661. The van der Waals surface area contributed by atoms with Crippen LogP contribution in [0, 0.1) is 0 Å². The zero-order valence-electron chi connectivity index (χ0n) is 10.3. The highest BCUT2D eigenvalue weighted by molar-refractivity contribution is 8.01. The van der Waals surface area contributed by atoms with Crippen LogP contribution >= 0.6 is 23.1 Å². The zero-order chi connectivity index (χ0) is 13.1. The molecule has 3 aromatic rings. The fraction of sp³-hybridized carbons (Fsp3) is 0.154. The second-order valence-corrected chi connectivity index (χ2v) is 6.10. The second-order valence-electron chi connectivity index (χ2n) is 3.80. The van der Waals surface area contributed by atoms with Gasteiger partial charge in [0, 0.05) is 12.7 Å². The molecule has 2 heterocycles. The maximum Gasteiger partial charge on any atom is 0.223 e. The summed E-state index contributed by atoms with van der Waals surface area (Å²) in [6.45, 7) is 2.84. The van der Waals surface area contributed by atoms with Gasteiger partial charge in [-0.15, -0.1) is 11.3 Å². The van der Waals surface area contributed by atoms with Gasteiger partial charge < -0.3 is 5.32 Å². The Hall–Kier alpha value is -1.66. The van der Waals surface area contributed by atoms with Crippen LogP contribution in [0.25, 0.3) is 10.2 Å². The van der Waals surface area contributed by atoms with Crippen LogP contribution in [0.3, 0.4) is 0 Å². The van der Waals surface area contributed by atoms with Gasteiger partial charge in [-0.3, -0.25) is 0 Å². The predicted molar refractivity (Wildman–Crippen MR) is 79.9 cm³/mol. The van der Waals surface area contributed by atoms with Crippen molar-refractivity contribution >= 4 is 39.3 Å². The molecule has 0 fully saturated rings. The third-order valence-corrected chi connectivity index (χ3v) is 4.46. The summed E-state index contributed by atoms with van der Waals surface area (Å²) in [4.78, 5) is 13.2. The summed E-state index contributed by atoms with van der Waals surface area (Å²) in [5.74, 6) is 0.661. The molecular formula is C13H12N4S2. The zero-order valence-corrected chi connectivity index (χ0v) is 12.0. The van der Waals surface area contributed by atoms with E-state index in [1.165, 1.54) is 4.70 Å². The van der Waals surface area contributed by atoms with E-state index in [4.69, 9.17) is 0 Å². The second kappa shape index (κ2) is 5.54. The van der Waals surface area contributed by atoms with Crippen LogP contribution in [0.15, 0.2) is 45.9 Å². The average molecular weight is 288 g/mol. The fourth-order valence-electron chi connectivity index (χ4n) is 1.63. The van der Waals surface area contributed by atoms with E-state index < -0.39 is 0 Å². The van der Waals surface area contributed by atoms with Crippen LogP contribution < -0.4 is 5.32 Å². The lowest BCUT2D eigenvalue weighted by Gasteiger charge is -2.01. The summed E-state index contributed by atoms with van der Waals surface area (Å²) in [6, 6.07) is 10.0. The number of anilines is 1. The van der Waals surface area contributed by atoms with E-state index in [9.17, 15) is 0 Å². The third-order valence-electron chi connectivity index (χ3n) is 2.43. The molecule has 1 N–H and O–H groups in total. The Bertz CT molecular complexity index is 663. The first kappa shape index (κ1) is 12.4. The number of aromatic nitrogens is 3. The first-order valence-corrected chi connectivity index (χ1v) is 7.59. The van der Waals surface area contributed by atoms with E-state index in [1.54, 1.807) is 29.3 Å². The molecule has 2 aromatic heterocycles. The van der Waals surface area contributed by atoms with Crippen molar-refractivity contribution < 1.29 is 0 Å². The monoisotopic (exact) mass is 288 g/mol. The van der Waals surface area contributed by atoms with Crippen LogP contribution in [0.2, 0.25) is 0 Å². The van der Waals surface area contributed by atoms with Gasteiger partial charge in [-0.05, 0) is 36.9 Å². The van der Waals surface area contributed by atoms with E-state index in [0.29, 0.717) is 5.95 Å². The molecule has 0 atom stereocenters. The number of benzene rings is 1. The van der Waals surface area contributed by atoms with Gasteiger partial charge in [0.1, 0.15) is 5.03 Å². The van der Waals surface area contributed by atoms with Crippen molar-refractivity contribution in [2.24, 2.45) is 0 Å². The number of hydrogen-bond acceptors (Lipinski definition) is 6. The van der Waals surface area contributed by atoms with Gasteiger partial charge in [0.05, 0.1) is 10.2 Å². The van der Waals surface area contributed by atoms with E-state index in [0.717, 1.165) is 21.4 Å². The van der Waals surface area contributed by atoms with Crippen LogP contribution in [0.1, 0.15) is 6.92 Å². The number of para-hydroxylation sites is 1. The number of nitrogens with one attached hydrogen (secondary N) is 1. The first-order valence-electron chi connectivity index (χ1n) is 5.95. The molecule has 0 aliphatic rings. The largest absolute Gasteiger partial charge is 0.354 e. The highest BCUT2D eigenvalue weighted by atomic mass is 32.2. The smallest absolute Gasteiger partial charge is 0.223 e. The van der Waals surface area contributed by atoms with E-state index in [1.807, 2.05) is 31.2 Å². The molecule has 96 valence electrons. The molecule has 0 saturated carbocycles. The summed E-state index contributed by atoms with van der Waals surface area (Å²) in [6.07, 6.45) is 1.76. The number of hydrogen-bond donors (Lipinski definition) is 1. The molecule has 1 aromatic carbocycles. The maximum absolute atomic E-state index is 4.58. The number of thiazole rings is 1. The van der Waals surface area contributed by atoms with Crippen molar-refractivity contribution in [1.82, 2.24) is 15.0 Å². The lowest BCUT2D eigenvalue weighted by Crippen LogP contribution is -2.01. The number of nitrogens with zero attached hydrogens (tertiary/aromatic N) is 3. The number of rotatable bonds is 4. The molecule has 0 saturated heterocycles. The molecule has 0 amide bonds. The van der Waals surface area contributed by atoms with Gasteiger partial charge in [-0.2, -0.15) is 0 Å². The van der Waals surface area contributed by atoms with Gasteiger partial charge in [0.2, 0.25) is 5.95 Å². The van der Waals surface area contributed by atoms with Crippen molar-refractivity contribution in [3.8, 4) is 0 Å². The molecular weight excluding hydrogens is 276 g/mol. The molecule has 0 spiro atoms. The van der Waals surface area contributed by atoms with E-state index in [2.05, 4.69) is 26.3 Å². The standard InChI is InChI=1S/C13H12N4S2/c1-2-14-12-15-8-7-11(17-12)19-13-16-9-5-3-4-6-10(9)18-13/h3-8H,2H2,1H3,(H,14,15,17). The van der Waals surface area contributed by atoms with Crippen LogP contribution in [0.4, 0.5) is 5.95 Å². The minimum atomic E-state index is 0.661. The summed E-state index contributed by atoms with van der Waals surface area (Å²) in [5, 5.41) is 4.02. The third kappa shape index (κ3) is 2.85. The molecule has 3 rings (SSSR count). The van der Waals surface area contributed by atoms with E-state index in [-0.39, 0.29) is 0 Å². The SMILES string of the molecule is CCNc1nccc(Sc2nc3ccccc3s2)n1. The Morgan fingerprint density at radius 1 is 1.21 bits per heavy atom.